The first-order valence-electron chi connectivity index (χ1n) is 10.3. The maximum absolute atomic E-state index is 12.7. The van der Waals surface area contributed by atoms with Crippen LogP contribution in [0.2, 0.25) is 0 Å². The highest BCUT2D eigenvalue weighted by atomic mass is 16.2. The molecule has 3 aromatic carbocycles. The van der Waals surface area contributed by atoms with Crippen LogP contribution in [0.1, 0.15) is 32.7 Å². The highest BCUT2D eigenvalue weighted by molar-refractivity contribution is 6.21. The normalized spacial score (nSPS) is 16.9. The third-order valence-corrected chi connectivity index (χ3v) is 5.69. The maximum Gasteiger partial charge on any atom is 0.329 e. The fraction of sp³-hybridized carbons (Fsp3) is 0.120. The van der Waals surface area contributed by atoms with E-state index in [1.54, 1.807) is 30.3 Å². The summed E-state index contributed by atoms with van der Waals surface area (Å²) in [4.78, 5) is 52.2. The molecule has 2 aliphatic rings. The molecule has 7 heteroatoms. The number of nitrogens with zero attached hydrogens (tertiary/aromatic N) is 2. The quantitative estimate of drug-likeness (QED) is 0.386. The summed E-state index contributed by atoms with van der Waals surface area (Å²) in [6.45, 7) is 0.236. The number of carbonyl (C=O) groups excluding carboxylic acids is 4. The van der Waals surface area contributed by atoms with Crippen LogP contribution in [-0.2, 0) is 4.79 Å². The number of imide groups is 2. The second kappa shape index (κ2) is 7.77. The van der Waals surface area contributed by atoms with Crippen molar-refractivity contribution in [1.82, 2.24) is 15.1 Å². The molecule has 0 bridgehead atoms. The molecule has 158 valence electrons. The van der Waals surface area contributed by atoms with Gasteiger partial charge in [-0.3, -0.25) is 24.2 Å². The average Bonchev–Trinajstić information content (AvgIpc) is 3.21. The zero-order valence-electron chi connectivity index (χ0n) is 17.1. The Hall–Kier alpha value is -4.26. The summed E-state index contributed by atoms with van der Waals surface area (Å²) in [6.07, 6.45) is 1.95. The first-order chi connectivity index (χ1) is 15.5. The molecule has 0 radical (unpaired) electrons. The Bertz CT molecular complexity index is 1290. The molecule has 1 N–H and O–H groups in total. The molecule has 32 heavy (non-hydrogen) atoms. The molecule has 0 atom stereocenters. The van der Waals surface area contributed by atoms with E-state index in [0.29, 0.717) is 17.5 Å². The minimum Gasteiger partial charge on any atom is -0.303 e. The minimum absolute atomic E-state index is 0.104. The van der Waals surface area contributed by atoms with E-state index in [-0.39, 0.29) is 30.6 Å². The molecule has 5 rings (SSSR count). The molecule has 0 spiro atoms. The van der Waals surface area contributed by atoms with Crippen molar-refractivity contribution in [3.8, 4) is 0 Å². The van der Waals surface area contributed by atoms with Gasteiger partial charge >= 0.3 is 6.03 Å². The second-order valence-electron chi connectivity index (χ2n) is 7.71. The van der Waals surface area contributed by atoms with Gasteiger partial charge in [0, 0.05) is 13.1 Å². The zero-order chi connectivity index (χ0) is 22.2. The van der Waals surface area contributed by atoms with E-state index in [0.717, 1.165) is 26.1 Å². The van der Waals surface area contributed by atoms with E-state index in [9.17, 15) is 19.2 Å². The third kappa shape index (κ3) is 3.33. The fourth-order valence-corrected chi connectivity index (χ4v) is 4.07. The predicted octanol–water partition coefficient (Wildman–Crippen LogP) is 3.42. The molecule has 2 aliphatic heterocycles. The molecule has 0 aromatic heterocycles. The van der Waals surface area contributed by atoms with Crippen molar-refractivity contribution in [2.75, 3.05) is 13.1 Å². The van der Waals surface area contributed by atoms with Crippen molar-refractivity contribution in [2.24, 2.45) is 0 Å². The lowest BCUT2D eigenvalue weighted by atomic mass is 10.1. The largest absolute Gasteiger partial charge is 0.329 e. The number of hydrogen-bond acceptors (Lipinski definition) is 4. The van der Waals surface area contributed by atoms with Gasteiger partial charge in [0.05, 0.1) is 11.1 Å². The van der Waals surface area contributed by atoms with Gasteiger partial charge in [-0.2, -0.15) is 0 Å². The van der Waals surface area contributed by atoms with Crippen molar-refractivity contribution < 1.29 is 19.2 Å². The molecule has 7 nitrogen and oxygen atoms in total. The molecule has 0 saturated carbocycles. The molecular formula is C25H19N3O4. The summed E-state index contributed by atoms with van der Waals surface area (Å²) < 4.78 is 0. The molecule has 0 aliphatic carbocycles. The summed E-state index contributed by atoms with van der Waals surface area (Å²) in [5.74, 6) is -1.12. The van der Waals surface area contributed by atoms with Gasteiger partial charge in [0.25, 0.3) is 17.7 Å². The number of rotatable bonds is 5. The molecule has 2 heterocycles. The van der Waals surface area contributed by atoms with Crippen molar-refractivity contribution in [3.05, 3.63) is 89.1 Å². The van der Waals surface area contributed by atoms with Crippen LogP contribution in [0, 0.1) is 0 Å². The Morgan fingerprint density at radius 1 is 0.688 bits per heavy atom. The van der Waals surface area contributed by atoms with Crippen LogP contribution in [0.3, 0.4) is 0 Å². The van der Waals surface area contributed by atoms with E-state index in [1.807, 2.05) is 42.5 Å². The number of hydrogen-bond donors (Lipinski definition) is 1. The van der Waals surface area contributed by atoms with Crippen molar-refractivity contribution >= 4 is 40.6 Å². The summed E-state index contributed by atoms with van der Waals surface area (Å²) in [6, 6.07) is 19.9. The van der Waals surface area contributed by atoms with Gasteiger partial charge < -0.3 is 5.32 Å². The summed E-state index contributed by atoms with van der Waals surface area (Å²) in [5.41, 5.74) is 1.77. The van der Waals surface area contributed by atoms with E-state index in [2.05, 4.69) is 5.32 Å². The van der Waals surface area contributed by atoms with E-state index in [4.69, 9.17) is 0 Å². The van der Waals surface area contributed by atoms with Gasteiger partial charge in [0.15, 0.2) is 0 Å². The van der Waals surface area contributed by atoms with Crippen LogP contribution < -0.4 is 5.32 Å². The molecule has 0 unspecified atom stereocenters. The van der Waals surface area contributed by atoms with E-state index in [1.165, 1.54) is 0 Å². The summed E-state index contributed by atoms with van der Waals surface area (Å²) in [5, 5.41) is 4.74. The highest BCUT2D eigenvalue weighted by Crippen LogP contribution is 2.23. The monoisotopic (exact) mass is 425 g/mol. The lowest BCUT2D eigenvalue weighted by Crippen LogP contribution is -2.36. The Morgan fingerprint density at radius 3 is 2.03 bits per heavy atom. The van der Waals surface area contributed by atoms with Gasteiger partial charge in [0.1, 0.15) is 5.70 Å². The first-order valence-corrected chi connectivity index (χ1v) is 10.3. The number of fused-ring (bicyclic) bond motifs is 2. The smallest absolute Gasteiger partial charge is 0.303 e. The first kappa shape index (κ1) is 19.7. The third-order valence-electron chi connectivity index (χ3n) is 5.69. The average molecular weight is 425 g/mol. The fourth-order valence-electron chi connectivity index (χ4n) is 4.07. The van der Waals surface area contributed by atoms with Crippen LogP contribution in [0.4, 0.5) is 4.79 Å². The Labute approximate surface area is 183 Å². The van der Waals surface area contributed by atoms with E-state index < -0.39 is 11.9 Å². The Kier molecular flexibility index (Phi) is 4.78. The summed E-state index contributed by atoms with van der Waals surface area (Å²) >= 11 is 0. The second-order valence-corrected chi connectivity index (χ2v) is 7.71. The molecular weight excluding hydrogens is 406 g/mol. The lowest BCUT2D eigenvalue weighted by Gasteiger charge is -2.16. The number of amides is 5. The maximum atomic E-state index is 12.7. The van der Waals surface area contributed by atoms with Gasteiger partial charge in [-0.25, -0.2) is 4.79 Å². The topological polar surface area (TPSA) is 86.8 Å². The lowest BCUT2D eigenvalue weighted by molar-refractivity contribution is -0.122. The van der Waals surface area contributed by atoms with Crippen LogP contribution >= 0.6 is 0 Å². The highest BCUT2D eigenvalue weighted by Gasteiger charge is 2.36. The number of urea groups is 1. The van der Waals surface area contributed by atoms with Crippen LogP contribution in [-0.4, -0.2) is 46.6 Å². The van der Waals surface area contributed by atoms with Gasteiger partial charge in [-0.05, 0) is 47.0 Å². The van der Waals surface area contributed by atoms with Crippen LogP contribution in [0.5, 0.6) is 0 Å². The molecule has 3 aromatic rings. The molecule has 1 saturated heterocycles. The van der Waals surface area contributed by atoms with Gasteiger partial charge in [0.2, 0.25) is 0 Å². The Morgan fingerprint density at radius 2 is 1.31 bits per heavy atom. The molecule has 1 fully saturated rings. The van der Waals surface area contributed by atoms with Crippen molar-refractivity contribution in [1.29, 1.82) is 0 Å². The predicted molar refractivity (Wildman–Crippen MR) is 119 cm³/mol. The standard InChI is InChI=1S/C25H19N3O4/c29-22-19-8-3-4-9-20(19)23(30)27(22)12-5-13-28-24(31)21(26-25(28)32)15-16-10-11-17-6-1-2-7-18(17)14-16/h1-4,6-11,14-15H,5,12-13H2,(H,26,32)/b21-15-. The number of benzene rings is 3. The van der Waals surface area contributed by atoms with Crippen LogP contribution in [0.25, 0.3) is 16.8 Å². The SMILES string of the molecule is O=C1N/C(=C\c2ccc3ccccc3c2)C(=O)N1CCCN1C(=O)c2ccccc2C1=O. The molecule has 5 amide bonds. The van der Waals surface area contributed by atoms with E-state index >= 15 is 0 Å². The minimum atomic E-state index is -0.510. The van der Waals surface area contributed by atoms with Gasteiger partial charge in [-0.15, -0.1) is 0 Å². The van der Waals surface area contributed by atoms with Crippen molar-refractivity contribution in [3.63, 3.8) is 0 Å². The van der Waals surface area contributed by atoms with Gasteiger partial charge in [-0.1, -0.05) is 48.5 Å². The van der Waals surface area contributed by atoms with Crippen LogP contribution in [0.15, 0.2) is 72.4 Å². The Balaban J connectivity index is 1.25. The van der Waals surface area contributed by atoms with Crippen molar-refractivity contribution in [2.45, 2.75) is 6.42 Å². The summed E-state index contributed by atoms with van der Waals surface area (Å²) in [7, 11) is 0. The zero-order valence-corrected chi connectivity index (χ0v) is 17.1. The number of carbonyl (C=O) groups is 4. The number of nitrogens with one attached hydrogen (secondary N) is 1.